The molecular formula is C20H23N3O2. The molecule has 5 heteroatoms. The monoisotopic (exact) mass is 337 g/mol. The minimum atomic E-state index is 0.0310. The SMILES string of the molecule is CCc1ccc(C(=O)CN2CCN(C(=O)c3ccncc3)CC2)cc1. The number of amides is 1. The average molecular weight is 337 g/mol. The van der Waals surface area contributed by atoms with Crippen LogP contribution in [0.3, 0.4) is 0 Å². The number of aryl methyl sites for hydroxylation is 1. The molecule has 1 aliphatic heterocycles. The van der Waals surface area contributed by atoms with Crippen LogP contribution in [0.5, 0.6) is 0 Å². The number of nitrogens with zero attached hydrogens (tertiary/aromatic N) is 3. The molecule has 1 saturated heterocycles. The lowest BCUT2D eigenvalue weighted by molar-refractivity contribution is 0.0624. The van der Waals surface area contributed by atoms with E-state index in [0.29, 0.717) is 25.2 Å². The van der Waals surface area contributed by atoms with Crippen molar-refractivity contribution in [2.24, 2.45) is 0 Å². The molecule has 5 nitrogen and oxygen atoms in total. The van der Waals surface area contributed by atoms with Gasteiger partial charge in [0.25, 0.3) is 5.91 Å². The Balaban J connectivity index is 1.52. The Morgan fingerprint density at radius 3 is 2.16 bits per heavy atom. The van der Waals surface area contributed by atoms with E-state index in [0.717, 1.165) is 25.1 Å². The minimum Gasteiger partial charge on any atom is -0.336 e. The number of Topliss-reactive ketones (excluding diaryl/α,β-unsaturated/α-hetero) is 1. The molecule has 1 aromatic carbocycles. The van der Waals surface area contributed by atoms with E-state index in [-0.39, 0.29) is 11.7 Å². The molecule has 0 spiro atoms. The summed E-state index contributed by atoms with van der Waals surface area (Å²) in [6.07, 6.45) is 4.24. The van der Waals surface area contributed by atoms with Crippen LogP contribution in [0.15, 0.2) is 48.8 Å². The Kier molecular flexibility index (Phi) is 5.56. The molecule has 1 amide bonds. The quantitative estimate of drug-likeness (QED) is 0.786. The highest BCUT2D eigenvalue weighted by Gasteiger charge is 2.23. The molecular weight excluding hydrogens is 314 g/mol. The van der Waals surface area contributed by atoms with Gasteiger partial charge in [-0.2, -0.15) is 0 Å². The van der Waals surface area contributed by atoms with Gasteiger partial charge in [0.05, 0.1) is 6.54 Å². The zero-order chi connectivity index (χ0) is 17.6. The smallest absolute Gasteiger partial charge is 0.254 e. The number of carbonyl (C=O) groups is 2. The second-order valence-electron chi connectivity index (χ2n) is 6.28. The molecule has 2 heterocycles. The largest absolute Gasteiger partial charge is 0.336 e. The highest BCUT2D eigenvalue weighted by Crippen LogP contribution is 2.10. The Hall–Kier alpha value is -2.53. The fourth-order valence-corrected chi connectivity index (χ4v) is 3.01. The summed E-state index contributed by atoms with van der Waals surface area (Å²) in [7, 11) is 0. The van der Waals surface area contributed by atoms with Crippen LogP contribution in [0.4, 0.5) is 0 Å². The maximum atomic E-state index is 12.4. The maximum Gasteiger partial charge on any atom is 0.254 e. The summed E-state index contributed by atoms with van der Waals surface area (Å²) in [6, 6.07) is 11.3. The summed E-state index contributed by atoms with van der Waals surface area (Å²) in [6.45, 7) is 5.23. The lowest BCUT2D eigenvalue weighted by atomic mass is 10.1. The summed E-state index contributed by atoms with van der Waals surface area (Å²) in [5, 5.41) is 0. The lowest BCUT2D eigenvalue weighted by Gasteiger charge is -2.34. The van der Waals surface area contributed by atoms with E-state index in [9.17, 15) is 9.59 Å². The predicted molar refractivity (Wildman–Crippen MR) is 96.7 cm³/mol. The van der Waals surface area contributed by atoms with Gasteiger partial charge in [-0.05, 0) is 24.1 Å². The number of hydrogen-bond donors (Lipinski definition) is 0. The molecule has 2 aromatic rings. The van der Waals surface area contributed by atoms with Crippen LogP contribution in [0.1, 0.15) is 33.2 Å². The van der Waals surface area contributed by atoms with Crippen molar-refractivity contribution < 1.29 is 9.59 Å². The summed E-state index contributed by atoms with van der Waals surface area (Å²) < 4.78 is 0. The summed E-state index contributed by atoms with van der Waals surface area (Å²) in [5.41, 5.74) is 2.66. The summed E-state index contributed by atoms with van der Waals surface area (Å²) >= 11 is 0. The van der Waals surface area contributed by atoms with E-state index >= 15 is 0 Å². The van der Waals surface area contributed by atoms with E-state index in [1.54, 1.807) is 24.5 Å². The van der Waals surface area contributed by atoms with Crippen LogP contribution in [0.25, 0.3) is 0 Å². The van der Waals surface area contributed by atoms with Crippen molar-refractivity contribution in [2.45, 2.75) is 13.3 Å². The molecule has 0 unspecified atom stereocenters. The first-order valence-electron chi connectivity index (χ1n) is 8.71. The predicted octanol–water partition coefficient (Wildman–Crippen LogP) is 2.28. The van der Waals surface area contributed by atoms with E-state index in [1.807, 2.05) is 29.2 Å². The molecule has 25 heavy (non-hydrogen) atoms. The third kappa shape index (κ3) is 4.31. The van der Waals surface area contributed by atoms with Gasteiger partial charge in [-0.25, -0.2) is 0 Å². The molecule has 0 bridgehead atoms. The van der Waals surface area contributed by atoms with Crippen molar-refractivity contribution in [3.8, 4) is 0 Å². The number of hydrogen-bond acceptors (Lipinski definition) is 4. The van der Waals surface area contributed by atoms with Gasteiger partial charge in [0.15, 0.2) is 5.78 Å². The highest BCUT2D eigenvalue weighted by atomic mass is 16.2. The minimum absolute atomic E-state index is 0.0310. The van der Waals surface area contributed by atoms with Gasteiger partial charge in [0.1, 0.15) is 0 Å². The number of pyridine rings is 1. The average Bonchev–Trinajstić information content (AvgIpc) is 2.68. The van der Waals surface area contributed by atoms with E-state index in [4.69, 9.17) is 0 Å². The van der Waals surface area contributed by atoms with Crippen molar-refractivity contribution in [3.05, 3.63) is 65.5 Å². The zero-order valence-corrected chi connectivity index (χ0v) is 14.5. The Bertz CT molecular complexity index is 720. The van der Waals surface area contributed by atoms with Gasteiger partial charge in [-0.15, -0.1) is 0 Å². The van der Waals surface area contributed by atoms with Crippen LogP contribution < -0.4 is 0 Å². The fraction of sp³-hybridized carbons (Fsp3) is 0.350. The van der Waals surface area contributed by atoms with Crippen LogP contribution in [0.2, 0.25) is 0 Å². The first-order chi connectivity index (χ1) is 12.2. The topological polar surface area (TPSA) is 53.5 Å². The second kappa shape index (κ2) is 8.03. The number of benzene rings is 1. The van der Waals surface area contributed by atoms with Crippen molar-refractivity contribution in [1.82, 2.24) is 14.8 Å². The second-order valence-corrected chi connectivity index (χ2v) is 6.28. The van der Waals surface area contributed by atoms with E-state index < -0.39 is 0 Å². The Morgan fingerprint density at radius 2 is 1.56 bits per heavy atom. The number of rotatable bonds is 5. The molecule has 1 fully saturated rings. The first-order valence-corrected chi connectivity index (χ1v) is 8.71. The maximum absolute atomic E-state index is 12.4. The molecule has 0 N–H and O–H groups in total. The van der Waals surface area contributed by atoms with Crippen molar-refractivity contribution in [3.63, 3.8) is 0 Å². The molecule has 1 aliphatic rings. The molecule has 3 rings (SSSR count). The molecule has 130 valence electrons. The molecule has 1 aromatic heterocycles. The van der Waals surface area contributed by atoms with Crippen molar-refractivity contribution >= 4 is 11.7 Å². The molecule has 0 aliphatic carbocycles. The lowest BCUT2D eigenvalue weighted by Crippen LogP contribution is -2.49. The van der Waals surface area contributed by atoms with Gasteiger partial charge < -0.3 is 4.90 Å². The number of aromatic nitrogens is 1. The van der Waals surface area contributed by atoms with E-state index in [1.165, 1.54) is 5.56 Å². The molecule has 0 saturated carbocycles. The van der Waals surface area contributed by atoms with Crippen molar-refractivity contribution in [2.75, 3.05) is 32.7 Å². The van der Waals surface area contributed by atoms with Gasteiger partial charge in [0.2, 0.25) is 0 Å². The Morgan fingerprint density at radius 1 is 0.920 bits per heavy atom. The van der Waals surface area contributed by atoms with Gasteiger partial charge in [0, 0.05) is 49.7 Å². The first kappa shape index (κ1) is 17.3. The third-order valence-corrected chi connectivity index (χ3v) is 4.64. The number of carbonyl (C=O) groups excluding carboxylic acids is 2. The van der Waals surface area contributed by atoms with Gasteiger partial charge in [-0.3, -0.25) is 19.5 Å². The van der Waals surface area contributed by atoms with Crippen LogP contribution in [0, 0.1) is 0 Å². The highest BCUT2D eigenvalue weighted by molar-refractivity contribution is 5.97. The third-order valence-electron chi connectivity index (χ3n) is 4.64. The number of ketones is 1. The normalized spacial score (nSPS) is 15.2. The molecule has 0 radical (unpaired) electrons. The summed E-state index contributed by atoms with van der Waals surface area (Å²) in [5.74, 6) is 0.167. The zero-order valence-electron chi connectivity index (χ0n) is 14.5. The molecule has 0 atom stereocenters. The standard InChI is InChI=1S/C20H23N3O2/c1-2-16-3-5-17(6-4-16)19(24)15-22-11-13-23(14-12-22)20(25)18-7-9-21-10-8-18/h3-10H,2,11-15H2,1H3. The number of piperazine rings is 1. The van der Waals surface area contributed by atoms with Crippen molar-refractivity contribution in [1.29, 1.82) is 0 Å². The van der Waals surface area contributed by atoms with Crippen LogP contribution in [-0.2, 0) is 6.42 Å². The van der Waals surface area contributed by atoms with Crippen LogP contribution >= 0.6 is 0 Å². The Labute approximate surface area is 148 Å². The van der Waals surface area contributed by atoms with Gasteiger partial charge >= 0.3 is 0 Å². The fourth-order valence-electron chi connectivity index (χ4n) is 3.01. The van der Waals surface area contributed by atoms with Crippen LogP contribution in [-0.4, -0.2) is 59.2 Å². The summed E-state index contributed by atoms with van der Waals surface area (Å²) in [4.78, 5) is 32.7. The van der Waals surface area contributed by atoms with E-state index in [2.05, 4.69) is 16.8 Å². The van der Waals surface area contributed by atoms with Gasteiger partial charge in [-0.1, -0.05) is 31.2 Å².